The fraction of sp³-hybridized carbons (Fsp3) is 0.667. The minimum absolute atomic E-state index is 0.0145. The second-order valence-corrected chi connectivity index (χ2v) is 5.10. The van der Waals surface area contributed by atoms with Crippen LogP contribution in [-0.2, 0) is 11.3 Å². The topological polar surface area (TPSA) is 109 Å². The third-order valence-electron chi connectivity index (χ3n) is 3.50. The highest BCUT2D eigenvalue weighted by molar-refractivity contribution is 5.77. The van der Waals surface area contributed by atoms with Crippen molar-refractivity contribution in [3.8, 4) is 0 Å². The van der Waals surface area contributed by atoms with Gasteiger partial charge in [0.05, 0.1) is 18.2 Å². The SMILES string of the molecule is O=C(O)CC1(NC(=O)NCCCn2ccnn2)CCC1. The van der Waals surface area contributed by atoms with E-state index in [1.807, 2.05) is 0 Å². The predicted octanol–water partition coefficient (Wildman–Crippen LogP) is 0.365. The van der Waals surface area contributed by atoms with Crippen molar-refractivity contribution in [1.82, 2.24) is 25.6 Å². The molecular formula is C12H19N5O3. The summed E-state index contributed by atoms with van der Waals surface area (Å²) in [6.45, 7) is 1.19. The molecule has 2 rings (SSSR count). The maximum atomic E-state index is 11.7. The van der Waals surface area contributed by atoms with Crippen molar-refractivity contribution in [2.24, 2.45) is 0 Å². The molecule has 0 aliphatic heterocycles. The van der Waals surface area contributed by atoms with Crippen LogP contribution in [-0.4, -0.2) is 44.2 Å². The van der Waals surface area contributed by atoms with Gasteiger partial charge < -0.3 is 15.7 Å². The molecule has 8 heteroatoms. The van der Waals surface area contributed by atoms with Gasteiger partial charge in [0.15, 0.2) is 0 Å². The number of amides is 2. The van der Waals surface area contributed by atoms with Crippen molar-refractivity contribution in [2.75, 3.05) is 6.54 Å². The summed E-state index contributed by atoms with van der Waals surface area (Å²) in [6, 6.07) is -0.301. The Balaban J connectivity index is 1.65. The number of hydrogen-bond donors (Lipinski definition) is 3. The molecule has 8 nitrogen and oxygen atoms in total. The second kappa shape index (κ2) is 6.36. The standard InChI is InChI=1S/C12H19N5O3/c18-10(19)9-12(3-1-4-12)15-11(20)13-5-2-7-17-8-6-14-16-17/h6,8H,1-5,7,9H2,(H,18,19)(H2,13,15,20). The highest BCUT2D eigenvalue weighted by Gasteiger charge is 2.40. The molecule has 1 aromatic heterocycles. The van der Waals surface area contributed by atoms with Crippen LogP contribution in [0, 0.1) is 0 Å². The van der Waals surface area contributed by atoms with E-state index < -0.39 is 11.5 Å². The van der Waals surface area contributed by atoms with Gasteiger partial charge in [-0.1, -0.05) is 5.21 Å². The summed E-state index contributed by atoms with van der Waals surface area (Å²) in [7, 11) is 0. The van der Waals surface area contributed by atoms with Gasteiger partial charge in [0.25, 0.3) is 0 Å². The lowest BCUT2D eigenvalue weighted by molar-refractivity contribution is -0.139. The first-order valence-corrected chi connectivity index (χ1v) is 6.72. The van der Waals surface area contributed by atoms with E-state index in [9.17, 15) is 9.59 Å². The molecule has 1 saturated carbocycles. The number of aryl methyl sites for hydroxylation is 1. The molecule has 0 saturated heterocycles. The molecule has 3 N–H and O–H groups in total. The van der Waals surface area contributed by atoms with Gasteiger partial charge in [0.1, 0.15) is 0 Å². The van der Waals surface area contributed by atoms with Gasteiger partial charge >= 0.3 is 12.0 Å². The van der Waals surface area contributed by atoms with E-state index >= 15 is 0 Å². The number of aromatic nitrogens is 3. The first kappa shape index (κ1) is 14.3. The summed E-state index contributed by atoms with van der Waals surface area (Å²) in [6.07, 6.45) is 6.50. The lowest BCUT2D eigenvalue weighted by Crippen LogP contribution is -2.57. The first-order chi connectivity index (χ1) is 9.60. The van der Waals surface area contributed by atoms with E-state index in [4.69, 9.17) is 5.11 Å². The number of urea groups is 1. The largest absolute Gasteiger partial charge is 0.481 e. The number of carboxylic acids is 1. The Labute approximate surface area is 116 Å². The van der Waals surface area contributed by atoms with E-state index in [2.05, 4.69) is 20.9 Å². The average Bonchev–Trinajstić information content (AvgIpc) is 2.84. The fourth-order valence-corrected chi connectivity index (χ4v) is 2.32. The zero-order chi connectivity index (χ0) is 14.4. The van der Waals surface area contributed by atoms with Crippen LogP contribution in [0.5, 0.6) is 0 Å². The Morgan fingerprint density at radius 2 is 2.20 bits per heavy atom. The molecule has 0 radical (unpaired) electrons. The molecular weight excluding hydrogens is 262 g/mol. The zero-order valence-electron chi connectivity index (χ0n) is 11.2. The molecule has 0 unspecified atom stereocenters. The number of carbonyl (C=O) groups is 2. The maximum Gasteiger partial charge on any atom is 0.315 e. The molecule has 1 aliphatic rings. The predicted molar refractivity (Wildman–Crippen MR) is 70.0 cm³/mol. The molecule has 1 aromatic rings. The highest BCUT2D eigenvalue weighted by atomic mass is 16.4. The normalized spacial score (nSPS) is 16.2. The van der Waals surface area contributed by atoms with Gasteiger partial charge in [0, 0.05) is 19.3 Å². The molecule has 0 bridgehead atoms. The van der Waals surface area contributed by atoms with Crippen LogP contribution >= 0.6 is 0 Å². The highest BCUT2D eigenvalue weighted by Crippen LogP contribution is 2.34. The second-order valence-electron chi connectivity index (χ2n) is 5.10. The minimum Gasteiger partial charge on any atom is -0.481 e. The van der Waals surface area contributed by atoms with E-state index in [0.717, 1.165) is 25.7 Å². The van der Waals surface area contributed by atoms with Crippen LogP contribution in [0.3, 0.4) is 0 Å². The van der Waals surface area contributed by atoms with Gasteiger partial charge in [-0.15, -0.1) is 5.10 Å². The van der Waals surface area contributed by atoms with Crippen molar-refractivity contribution in [2.45, 2.75) is 44.2 Å². The molecule has 1 aliphatic carbocycles. The van der Waals surface area contributed by atoms with Gasteiger partial charge in [-0.2, -0.15) is 0 Å². The van der Waals surface area contributed by atoms with E-state index in [0.29, 0.717) is 13.1 Å². The maximum absolute atomic E-state index is 11.7. The summed E-state index contributed by atoms with van der Waals surface area (Å²) in [4.78, 5) is 22.5. The van der Waals surface area contributed by atoms with Gasteiger partial charge in [-0.05, 0) is 25.7 Å². The Hall–Kier alpha value is -2.12. The third kappa shape index (κ3) is 3.94. The monoisotopic (exact) mass is 281 g/mol. The fourth-order valence-electron chi connectivity index (χ4n) is 2.32. The first-order valence-electron chi connectivity index (χ1n) is 6.72. The Kier molecular flexibility index (Phi) is 4.54. The van der Waals surface area contributed by atoms with Crippen LogP contribution in [0.15, 0.2) is 12.4 Å². The van der Waals surface area contributed by atoms with Crippen molar-refractivity contribution in [3.05, 3.63) is 12.4 Å². The summed E-state index contributed by atoms with van der Waals surface area (Å²) in [5.41, 5.74) is -0.554. The number of carbonyl (C=O) groups excluding carboxylic acids is 1. The Morgan fingerprint density at radius 1 is 1.40 bits per heavy atom. The number of nitrogens with zero attached hydrogens (tertiary/aromatic N) is 3. The van der Waals surface area contributed by atoms with Crippen LogP contribution in [0.25, 0.3) is 0 Å². The smallest absolute Gasteiger partial charge is 0.315 e. The summed E-state index contributed by atoms with van der Waals surface area (Å²) < 4.78 is 1.69. The minimum atomic E-state index is -0.879. The molecule has 2 amide bonds. The van der Waals surface area contributed by atoms with E-state index in [1.54, 1.807) is 17.1 Å². The van der Waals surface area contributed by atoms with Crippen LogP contribution in [0.4, 0.5) is 4.79 Å². The number of aliphatic carboxylic acids is 1. The quantitative estimate of drug-likeness (QED) is 0.625. The third-order valence-corrected chi connectivity index (χ3v) is 3.50. The lowest BCUT2D eigenvalue weighted by Gasteiger charge is -2.41. The molecule has 0 atom stereocenters. The number of hydrogen-bond acceptors (Lipinski definition) is 4. The Bertz CT molecular complexity index is 456. The van der Waals surface area contributed by atoms with Crippen molar-refractivity contribution < 1.29 is 14.7 Å². The summed E-state index contributed by atoms with van der Waals surface area (Å²) in [5, 5.41) is 21.9. The summed E-state index contributed by atoms with van der Waals surface area (Å²) >= 11 is 0. The van der Waals surface area contributed by atoms with Crippen LogP contribution in [0.1, 0.15) is 32.1 Å². The number of rotatable bonds is 7. The molecule has 0 spiro atoms. The van der Waals surface area contributed by atoms with Crippen molar-refractivity contribution in [3.63, 3.8) is 0 Å². The number of nitrogens with one attached hydrogen (secondary N) is 2. The van der Waals surface area contributed by atoms with Crippen LogP contribution < -0.4 is 10.6 Å². The van der Waals surface area contributed by atoms with Gasteiger partial charge in [-0.3, -0.25) is 9.48 Å². The lowest BCUT2D eigenvalue weighted by atomic mass is 9.74. The molecule has 0 aromatic carbocycles. The summed E-state index contributed by atoms with van der Waals surface area (Å²) in [5.74, 6) is -0.879. The van der Waals surface area contributed by atoms with E-state index in [1.165, 1.54) is 0 Å². The molecule has 1 fully saturated rings. The molecule has 1 heterocycles. The number of carboxylic acid groups (broad SMARTS) is 1. The van der Waals surface area contributed by atoms with Crippen molar-refractivity contribution >= 4 is 12.0 Å². The van der Waals surface area contributed by atoms with Gasteiger partial charge in [-0.25, -0.2) is 4.79 Å². The zero-order valence-corrected chi connectivity index (χ0v) is 11.2. The van der Waals surface area contributed by atoms with Gasteiger partial charge in [0.2, 0.25) is 0 Å². The van der Waals surface area contributed by atoms with Crippen molar-refractivity contribution in [1.29, 1.82) is 0 Å². The van der Waals surface area contributed by atoms with E-state index in [-0.39, 0.29) is 12.5 Å². The molecule has 20 heavy (non-hydrogen) atoms. The molecule has 110 valence electrons. The average molecular weight is 281 g/mol. The Morgan fingerprint density at radius 3 is 2.75 bits per heavy atom. The van der Waals surface area contributed by atoms with Crippen LogP contribution in [0.2, 0.25) is 0 Å².